The number of hydrogen-bond donors (Lipinski definition) is 2. The van der Waals surface area contributed by atoms with Crippen molar-refractivity contribution in [3.8, 4) is 0 Å². The Balaban J connectivity index is 2.71. The smallest absolute Gasteiger partial charge is 0.339 e. The minimum atomic E-state index is -0.470. The third kappa shape index (κ3) is 1.75. The Labute approximate surface area is 95.2 Å². The summed E-state index contributed by atoms with van der Waals surface area (Å²) >= 11 is 10.8. The Bertz CT molecular complexity index is 587. The molecule has 0 bridgehead atoms. The number of fused-ring (bicyclic) bond motifs is 1. The Kier molecular flexibility index (Phi) is 2.50. The van der Waals surface area contributed by atoms with Crippen LogP contribution in [0.15, 0.2) is 12.1 Å². The number of imidazole rings is 1. The number of rotatable bonds is 1. The number of carbonyl (C=O) groups is 1. The highest BCUT2D eigenvalue weighted by atomic mass is 35.5. The molecule has 1 heterocycles. The first kappa shape index (κ1) is 10.2. The Hall–Kier alpha value is -1.33. The molecule has 0 aliphatic rings. The van der Waals surface area contributed by atoms with Crippen molar-refractivity contribution in [1.29, 1.82) is 0 Å². The molecule has 15 heavy (non-hydrogen) atoms. The quantitative estimate of drug-likeness (QED) is 0.597. The fraction of sp³-hybridized carbons (Fsp3) is 0.111. The first-order chi connectivity index (χ1) is 7.11. The minimum Gasteiger partial charge on any atom is -0.465 e. The van der Waals surface area contributed by atoms with Crippen LogP contribution in [0.4, 0.5) is 0 Å². The maximum atomic E-state index is 11.3. The molecule has 0 saturated heterocycles. The van der Waals surface area contributed by atoms with Crippen LogP contribution in [-0.2, 0) is 4.74 Å². The van der Waals surface area contributed by atoms with Crippen molar-refractivity contribution in [1.82, 2.24) is 9.97 Å². The second-order valence-corrected chi connectivity index (χ2v) is 3.76. The molecular weight excluding hydrogens is 236 g/mol. The van der Waals surface area contributed by atoms with Crippen molar-refractivity contribution in [2.45, 2.75) is 0 Å². The number of ether oxygens (including phenoxy) is 1. The van der Waals surface area contributed by atoms with E-state index in [1.807, 2.05) is 0 Å². The van der Waals surface area contributed by atoms with E-state index in [2.05, 4.69) is 14.7 Å². The van der Waals surface area contributed by atoms with E-state index < -0.39 is 5.97 Å². The number of aromatic amines is 2. The Morgan fingerprint density at radius 1 is 1.40 bits per heavy atom. The molecule has 2 rings (SSSR count). The summed E-state index contributed by atoms with van der Waals surface area (Å²) in [5, 5.41) is 0.333. The first-order valence-electron chi connectivity index (χ1n) is 4.11. The molecular formula is C9H7ClN2O2S. The van der Waals surface area contributed by atoms with Crippen molar-refractivity contribution >= 4 is 40.8 Å². The molecule has 1 aromatic heterocycles. The SMILES string of the molecule is COC(=O)c1cc2[nH]c(=S)[nH]c2cc1Cl. The van der Waals surface area contributed by atoms with Crippen molar-refractivity contribution in [2.75, 3.05) is 7.11 Å². The maximum absolute atomic E-state index is 11.3. The summed E-state index contributed by atoms with van der Waals surface area (Å²) in [7, 11) is 1.31. The maximum Gasteiger partial charge on any atom is 0.339 e. The highest BCUT2D eigenvalue weighted by molar-refractivity contribution is 7.71. The van der Waals surface area contributed by atoms with Gasteiger partial charge in [0.25, 0.3) is 0 Å². The third-order valence-corrected chi connectivity index (χ3v) is 2.53. The average molecular weight is 243 g/mol. The van der Waals surface area contributed by atoms with Crippen LogP contribution in [0.25, 0.3) is 11.0 Å². The zero-order chi connectivity index (χ0) is 11.0. The molecule has 0 radical (unpaired) electrons. The van der Waals surface area contributed by atoms with Crippen LogP contribution in [0.3, 0.4) is 0 Å². The van der Waals surface area contributed by atoms with Gasteiger partial charge in [0.1, 0.15) is 0 Å². The predicted octanol–water partition coefficient (Wildman–Crippen LogP) is 2.67. The summed E-state index contributed by atoms with van der Waals surface area (Å²) in [5.74, 6) is -0.470. The second-order valence-electron chi connectivity index (χ2n) is 2.95. The van der Waals surface area contributed by atoms with Crippen LogP contribution in [0, 0.1) is 4.77 Å². The molecule has 2 aromatic rings. The summed E-state index contributed by atoms with van der Waals surface area (Å²) in [5.41, 5.74) is 1.80. The zero-order valence-electron chi connectivity index (χ0n) is 7.76. The second kappa shape index (κ2) is 3.67. The first-order valence-corrected chi connectivity index (χ1v) is 4.90. The van der Waals surface area contributed by atoms with Crippen molar-refractivity contribution < 1.29 is 9.53 Å². The summed E-state index contributed by atoms with van der Waals surface area (Å²) in [6, 6.07) is 3.24. The van der Waals surface area contributed by atoms with E-state index in [-0.39, 0.29) is 0 Å². The number of aromatic nitrogens is 2. The number of halogens is 1. The van der Waals surface area contributed by atoms with Gasteiger partial charge in [-0.2, -0.15) is 0 Å². The highest BCUT2D eigenvalue weighted by Crippen LogP contribution is 2.22. The normalized spacial score (nSPS) is 10.5. The van der Waals surface area contributed by atoms with E-state index in [0.717, 1.165) is 11.0 Å². The fourth-order valence-corrected chi connectivity index (χ4v) is 1.78. The number of hydrogen-bond acceptors (Lipinski definition) is 3. The van der Waals surface area contributed by atoms with Crippen molar-refractivity contribution in [3.05, 3.63) is 27.5 Å². The van der Waals surface area contributed by atoms with Crippen LogP contribution in [0.1, 0.15) is 10.4 Å². The van der Waals surface area contributed by atoms with Gasteiger partial charge < -0.3 is 14.7 Å². The van der Waals surface area contributed by atoms with Crippen molar-refractivity contribution in [2.24, 2.45) is 0 Å². The number of H-pyrrole nitrogens is 2. The van der Waals surface area contributed by atoms with E-state index in [4.69, 9.17) is 23.8 Å². The standard InChI is InChI=1S/C9H7ClN2O2S/c1-14-8(13)4-2-6-7(3-5(4)10)12-9(15)11-6/h2-3H,1H3,(H2,11,12,15). The van der Waals surface area contributed by atoms with Crippen LogP contribution in [0.5, 0.6) is 0 Å². The summed E-state index contributed by atoms with van der Waals surface area (Å²) in [6.45, 7) is 0. The lowest BCUT2D eigenvalue weighted by Gasteiger charge is -2.01. The van der Waals surface area contributed by atoms with E-state index in [9.17, 15) is 4.79 Å². The highest BCUT2D eigenvalue weighted by Gasteiger charge is 2.12. The van der Waals surface area contributed by atoms with Crippen molar-refractivity contribution in [3.63, 3.8) is 0 Å². The topological polar surface area (TPSA) is 57.9 Å². The van der Waals surface area contributed by atoms with Gasteiger partial charge >= 0.3 is 5.97 Å². The molecule has 0 unspecified atom stereocenters. The van der Waals surface area contributed by atoms with Crippen LogP contribution >= 0.6 is 23.8 Å². The van der Waals surface area contributed by atoms with Gasteiger partial charge in [0.2, 0.25) is 0 Å². The molecule has 0 aliphatic heterocycles. The van der Waals surface area contributed by atoms with Crippen LogP contribution in [0.2, 0.25) is 5.02 Å². The van der Waals surface area contributed by atoms with Crippen LogP contribution < -0.4 is 0 Å². The summed E-state index contributed by atoms with van der Waals surface area (Å²) in [6.07, 6.45) is 0. The van der Waals surface area contributed by atoms with E-state index in [0.29, 0.717) is 15.4 Å². The van der Waals surface area contributed by atoms with Gasteiger partial charge in [0.05, 0.1) is 28.7 Å². The number of carbonyl (C=O) groups excluding carboxylic acids is 1. The number of nitrogens with one attached hydrogen (secondary N) is 2. The molecule has 0 fully saturated rings. The van der Waals surface area contributed by atoms with E-state index in [1.54, 1.807) is 12.1 Å². The lowest BCUT2D eigenvalue weighted by atomic mass is 10.2. The molecule has 1 aromatic carbocycles. The van der Waals surface area contributed by atoms with Gasteiger partial charge in [0, 0.05) is 0 Å². The van der Waals surface area contributed by atoms with Gasteiger partial charge in [-0.1, -0.05) is 11.6 Å². The third-order valence-electron chi connectivity index (χ3n) is 2.01. The zero-order valence-corrected chi connectivity index (χ0v) is 9.33. The number of benzene rings is 1. The van der Waals surface area contributed by atoms with Gasteiger partial charge in [-0.15, -0.1) is 0 Å². The molecule has 2 N–H and O–H groups in total. The molecule has 0 spiro atoms. The molecule has 6 heteroatoms. The largest absolute Gasteiger partial charge is 0.465 e. The minimum absolute atomic E-state index is 0.317. The average Bonchev–Trinajstić information content (AvgIpc) is 2.55. The molecule has 78 valence electrons. The van der Waals surface area contributed by atoms with Gasteiger partial charge in [-0.3, -0.25) is 0 Å². The fourth-order valence-electron chi connectivity index (χ4n) is 1.32. The van der Waals surface area contributed by atoms with Crippen LogP contribution in [-0.4, -0.2) is 23.0 Å². The van der Waals surface area contributed by atoms with Gasteiger partial charge in [-0.05, 0) is 24.4 Å². The summed E-state index contributed by atoms with van der Waals surface area (Å²) < 4.78 is 5.09. The molecule has 0 aliphatic carbocycles. The molecule has 0 amide bonds. The van der Waals surface area contributed by atoms with E-state index >= 15 is 0 Å². The molecule has 0 saturated carbocycles. The van der Waals surface area contributed by atoms with Gasteiger partial charge in [0.15, 0.2) is 4.77 Å². The monoisotopic (exact) mass is 242 g/mol. The Morgan fingerprint density at radius 3 is 2.60 bits per heavy atom. The Morgan fingerprint density at radius 2 is 2.00 bits per heavy atom. The summed E-state index contributed by atoms with van der Waals surface area (Å²) in [4.78, 5) is 17.1. The lowest BCUT2D eigenvalue weighted by molar-refractivity contribution is 0.0601. The van der Waals surface area contributed by atoms with Gasteiger partial charge in [-0.25, -0.2) is 4.79 Å². The number of methoxy groups -OCH3 is 1. The molecule has 0 atom stereocenters. The predicted molar refractivity (Wildman–Crippen MR) is 59.8 cm³/mol. The lowest BCUT2D eigenvalue weighted by Crippen LogP contribution is -2.01. The molecule has 4 nitrogen and oxygen atoms in total. The van der Waals surface area contributed by atoms with E-state index in [1.165, 1.54) is 7.11 Å². The number of esters is 1.